The largest absolute Gasteiger partial charge is 0.481 e. The highest BCUT2D eigenvalue weighted by atomic mass is 32.2. The van der Waals surface area contributed by atoms with Gasteiger partial charge in [-0.3, -0.25) is 4.79 Å². The van der Waals surface area contributed by atoms with Crippen LogP contribution in [-0.4, -0.2) is 44.6 Å². The summed E-state index contributed by atoms with van der Waals surface area (Å²) in [5.41, 5.74) is 1.58. The second kappa shape index (κ2) is 7.25. The molecule has 0 radical (unpaired) electrons. The van der Waals surface area contributed by atoms with E-state index in [2.05, 4.69) is 9.97 Å². The fourth-order valence-corrected chi connectivity index (χ4v) is 2.59. The van der Waals surface area contributed by atoms with Crippen molar-refractivity contribution in [1.82, 2.24) is 14.5 Å². The van der Waals surface area contributed by atoms with Gasteiger partial charge in [0.25, 0.3) is 0 Å². The Balaban J connectivity index is 2.18. The third-order valence-electron chi connectivity index (χ3n) is 2.67. The molecule has 7 heteroatoms. The molecule has 2 heterocycles. The molecule has 0 saturated carbocycles. The predicted octanol–water partition coefficient (Wildman–Crippen LogP) is 2.03. The minimum Gasteiger partial charge on any atom is -0.481 e. The molecule has 0 atom stereocenters. The fraction of sp³-hybridized carbons (Fsp3) is 0.462. The SMILES string of the molecule is CCOCCCn1c(SCC(=O)O)nc2cccnc21. The number of hydrogen-bond donors (Lipinski definition) is 1. The molecule has 0 aliphatic rings. The van der Waals surface area contributed by atoms with Crippen LogP contribution in [0.25, 0.3) is 11.2 Å². The second-order valence-corrected chi connectivity index (χ2v) is 5.07. The first kappa shape index (κ1) is 14.8. The number of carboxylic acids is 1. The molecule has 0 fully saturated rings. The van der Waals surface area contributed by atoms with Crippen molar-refractivity contribution in [3.05, 3.63) is 18.3 Å². The normalized spacial score (nSPS) is 11.1. The number of fused-ring (bicyclic) bond motifs is 1. The van der Waals surface area contributed by atoms with E-state index in [1.54, 1.807) is 6.20 Å². The summed E-state index contributed by atoms with van der Waals surface area (Å²) in [5, 5.41) is 9.49. The van der Waals surface area contributed by atoms with Crippen LogP contribution in [0.3, 0.4) is 0 Å². The third-order valence-corrected chi connectivity index (χ3v) is 3.63. The van der Waals surface area contributed by atoms with Crippen LogP contribution < -0.4 is 0 Å². The van der Waals surface area contributed by atoms with Crippen LogP contribution in [0, 0.1) is 0 Å². The number of ether oxygens (including phenoxy) is 1. The highest BCUT2D eigenvalue weighted by molar-refractivity contribution is 7.99. The first-order valence-corrected chi connectivity index (χ1v) is 7.44. The molecule has 0 saturated heterocycles. The first-order valence-electron chi connectivity index (χ1n) is 6.46. The molecule has 0 bridgehead atoms. The van der Waals surface area contributed by atoms with Gasteiger partial charge in [0.05, 0.1) is 5.75 Å². The number of imidazole rings is 1. The van der Waals surface area contributed by atoms with Crippen molar-refractivity contribution in [1.29, 1.82) is 0 Å². The summed E-state index contributed by atoms with van der Waals surface area (Å²) in [5.74, 6) is -0.856. The van der Waals surface area contributed by atoms with Gasteiger partial charge in [-0.2, -0.15) is 0 Å². The quantitative estimate of drug-likeness (QED) is 0.593. The summed E-state index contributed by atoms with van der Waals surface area (Å²) in [6.07, 6.45) is 2.56. The van der Waals surface area contributed by atoms with Crippen LogP contribution >= 0.6 is 11.8 Å². The van der Waals surface area contributed by atoms with Crippen molar-refractivity contribution < 1.29 is 14.6 Å². The highest BCUT2D eigenvalue weighted by Crippen LogP contribution is 2.22. The number of thioether (sulfide) groups is 1. The van der Waals surface area contributed by atoms with Crippen molar-refractivity contribution in [3.63, 3.8) is 0 Å². The average Bonchev–Trinajstić information content (AvgIpc) is 2.79. The number of hydrogen-bond acceptors (Lipinski definition) is 5. The Labute approximate surface area is 121 Å². The van der Waals surface area contributed by atoms with E-state index < -0.39 is 5.97 Å². The first-order chi connectivity index (χ1) is 9.72. The molecule has 20 heavy (non-hydrogen) atoms. The molecule has 1 N–H and O–H groups in total. The van der Waals surface area contributed by atoms with E-state index in [0.29, 0.717) is 18.4 Å². The van der Waals surface area contributed by atoms with Crippen LogP contribution in [0.1, 0.15) is 13.3 Å². The van der Waals surface area contributed by atoms with Gasteiger partial charge in [-0.05, 0) is 25.5 Å². The van der Waals surface area contributed by atoms with Gasteiger partial charge in [0.15, 0.2) is 10.8 Å². The number of aromatic nitrogens is 3. The lowest BCUT2D eigenvalue weighted by atomic mass is 10.4. The maximum atomic E-state index is 10.7. The number of carboxylic acid groups (broad SMARTS) is 1. The van der Waals surface area contributed by atoms with E-state index in [1.807, 2.05) is 23.6 Å². The molecule has 2 aromatic heterocycles. The van der Waals surface area contributed by atoms with Gasteiger partial charge in [-0.15, -0.1) is 0 Å². The number of pyridine rings is 1. The van der Waals surface area contributed by atoms with Crippen molar-refractivity contribution >= 4 is 28.9 Å². The molecule has 0 amide bonds. The van der Waals surface area contributed by atoms with E-state index in [4.69, 9.17) is 9.84 Å². The highest BCUT2D eigenvalue weighted by Gasteiger charge is 2.13. The maximum Gasteiger partial charge on any atom is 0.313 e. The molecule has 0 unspecified atom stereocenters. The number of nitrogens with zero attached hydrogens (tertiary/aromatic N) is 3. The van der Waals surface area contributed by atoms with Gasteiger partial charge >= 0.3 is 5.97 Å². The number of carbonyl (C=O) groups is 1. The summed E-state index contributed by atoms with van der Waals surface area (Å²) >= 11 is 1.22. The van der Waals surface area contributed by atoms with Crippen molar-refractivity contribution in [2.45, 2.75) is 25.0 Å². The Morgan fingerprint density at radius 2 is 2.40 bits per heavy atom. The molecule has 0 aliphatic heterocycles. The van der Waals surface area contributed by atoms with Gasteiger partial charge in [-0.25, -0.2) is 9.97 Å². The predicted molar refractivity (Wildman–Crippen MR) is 77.0 cm³/mol. The van der Waals surface area contributed by atoms with Crippen LogP contribution in [0.5, 0.6) is 0 Å². The molecule has 0 spiro atoms. The van der Waals surface area contributed by atoms with Crippen molar-refractivity contribution in [2.75, 3.05) is 19.0 Å². The minimum absolute atomic E-state index is 0.00518. The zero-order chi connectivity index (χ0) is 14.4. The van der Waals surface area contributed by atoms with Crippen LogP contribution in [0.15, 0.2) is 23.5 Å². The van der Waals surface area contributed by atoms with Crippen molar-refractivity contribution in [3.8, 4) is 0 Å². The molecular weight excluding hydrogens is 278 g/mol. The summed E-state index contributed by atoms with van der Waals surface area (Å²) < 4.78 is 7.29. The zero-order valence-corrected chi connectivity index (χ0v) is 12.1. The molecular formula is C13H17N3O3S. The fourth-order valence-electron chi connectivity index (χ4n) is 1.84. The van der Waals surface area contributed by atoms with Crippen LogP contribution in [0.4, 0.5) is 0 Å². The molecule has 6 nitrogen and oxygen atoms in total. The van der Waals surface area contributed by atoms with E-state index in [0.717, 1.165) is 24.1 Å². The summed E-state index contributed by atoms with van der Waals surface area (Å²) in [7, 11) is 0. The molecule has 2 aromatic rings. The summed E-state index contributed by atoms with van der Waals surface area (Å²) in [6.45, 7) is 4.05. The van der Waals surface area contributed by atoms with E-state index in [-0.39, 0.29) is 5.75 Å². The Morgan fingerprint density at radius 3 is 3.15 bits per heavy atom. The number of aryl methyl sites for hydroxylation is 1. The van der Waals surface area contributed by atoms with Gasteiger partial charge in [0.1, 0.15) is 5.52 Å². The van der Waals surface area contributed by atoms with Gasteiger partial charge < -0.3 is 14.4 Å². The molecule has 2 rings (SSSR count). The van der Waals surface area contributed by atoms with Crippen molar-refractivity contribution in [2.24, 2.45) is 0 Å². The molecule has 0 aliphatic carbocycles. The topological polar surface area (TPSA) is 77.2 Å². The lowest BCUT2D eigenvalue weighted by Gasteiger charge is -2.07. The number of rotatable bonds is 8. The molecule has 108 valence electrons. The van der Waals surface area contributed by atoms with E-state index >= 15 is 0 Å². The minimum atomic E-state index is -0.851. The third kappa shape index (κ3) is 3.71. The lowest BCUT2D eigenvalue weighted by molar-refractivity contribution is -0.133. The Hall–Kier alpha value is -1.60. The van der Waals surface area contributed by atoms with Gasteiger partial charge in [-0.1, -0.05) is 11.8 Å². The summed E-state index contributed by atoms with van der Waals surface area (Å²) in [4.78, 5) is 19.5. The van der Waals surface area contributed by atoms with E-state index in [9.17, 15) is 4.79 Å². The Bertz CT molecular complexity index is 585. The zero-order valence-electron chi connectivity index (χ0n) is 11.3. The Kier molecular flexibility index (Phi) is 5.37. The standard InChI is InChI=1S/C13H17N3O3S/c1-2-19-8-4-7-16-12-10(5-3-6-14-12)15-13(16)20-9-11(17)18/h3,5-6H,2,4,7-9H2,1H3,(H,17,18). The van der Waals surface area contributed by atoms with E-state index in [1.165, 1.54) is 11.8 Å². The smallest absolute Gasteiger partial charge is 0.313 e. The summed E-state index contributed by atoms with van der Waals surface area (Å²) in [6, 6.07) is 3.71. The second-order valence-electron chi connectivity index (χ2n) is 4.13. The molecule has 0 aromatic carbocycles. The monoisotopic (exact) mass is 295 g/mol. The van der Waals surface area contributed by atoms with Crippen LogP contribution in [0.2, 0.25) is 0 Å². The lowest BCUT2D eigenvalue weighted by Crippen LogP contribution is -2.06. The Morgan fingerprint density at radius 1 is 1.55 bits per heavy atom. The average molecular weight is 295 g/mol. The maximum absolute atomic E-state index is 10.7. The number of aliphatic carboxylic acids is 1. The van der Waals surface area contributed by atoms with Gasteiger partial charge in [0, 0.05) is 26.0 Å². The van der Waals surface area contributed by atoms with Crippen LogP contribution in [-0.2, 0) is 16.1 Å². The van der Waals surface area contributed by atoms with Gasteiger partial charge in [0.2, 0.25) is 0 Å².